The quantitative estimate of drug-likeness (QED) is 0.471. The number of hydrogen-bond acceptors (Lipinski definition) is 7. The number of para-hydroxylation sites is 2. The number of benzene rings is 2. The molecular formula is C22H20N6O2S. The normalized spacial score (nSPS) is 14.7. The molecule has 0 bridgehead atoms. The van der Waals surface area contributed by atoms with Gasteiger partial charge in [0.15, 0.2) is 5.69 Å². The monoisotopic (exact) mass is 432 g/mol. The fourth-order valence-electron chi connectivity index (χ4n) is 3.60. The van der Waals surface area contributed by atoms with E-state index in [0.717, 1.165) is 22.7 Å². The van der Waals surface area contributed by atoms with Crippen LogP contribution in [0.5, 0.6) is 5.88 Å². The second-order valence-electron chi connectivity index (χ2n) is 7.00. The zero-order valence-electron chi connectivity index (χ0n) is 17.0. The van der Waals surface area contributed by atoms with Crippen molar-refractivity contribution in [3.8, 4) is 22.8 Å². The number of H-pyrrole nitrogens is 1. The van der Waals surface area contributed by atoms with Crippen LogP contribution in [0.4, 0.5) is 5.69 Å². The zero-order chi connectivity index (χ0) is 21.4. The lowest BCUT2D eigenvalue weighted by atomic mass is 10.1. The fraction of sp³-hybridized carbons (Fsp3) is 0.182. The smallest absolute Gasteiger partial charge is 0.280 e. The number of aromatic nitrogens is 5. The van der Waals surface area contributed by atoms with Crippen molar-refractivity contribution >= 4 is 17.4 Å². The predicted octanol–water partition coefficient (Wildman–Crippen LogP) is 3.94. The summed E-state index contributed by atoms with van der Waals surface area (Å²) in [7, 11) is 0. The van der Waals surface area contributed by atoms with E-state index in [4.69, 9.17) is 4.74 Å². The van der Waals surface area contributed by atoms with Crippen LogP contribution in [0.25, 0.3) is 16.9 Å². The lowest BCUT2D eigenvalue weighted by Crippen LogP contribution is -2.26. The Morgan fingerprint density at radius 1 is 1.10 bits per heavy atom. The van der Waals surface area contributed by atoms with Gasteiger partial charge >= 0.3 is 0 Å². The summed E-state index contributed by atoms with van der Waals surface area (Å²) < 4.78 is 7.77. The van der Waals surface area contributed by atoms with Crippen LogP contribution < -0.4 is 15.6 Å². The number of anilines is 1. The average Bonchev–Trinajstić information content (AvgIpc) is 2.98. The van der Waals surface area contributed by atoms with Crippen LogP contribution >= 0.6 is 11.8 Å². The van der Waals surface area contributed by atoms with Crippen LogP contribution in [0.2, 0.25) is 0 Å². The lowest BCUT2D eigenvalue weighted by molar-refractivity contribution is 0.223. The Bertz CT molecular complexity index is 1300. The van der Waals surface area contributed by atoms with E-state index in [1.54, 1.807) is 0 Å². The summed E-state index contributed by atoms with van der Waals surface area (Å²) in [6, 6.07) is 17.1. The molecule has 0 aliphatic carbocycles. The Morgan fingerprint density at radius 2 is 1.87 bits per heavy atom. The van der Waals surface area contributed by atoms with E-state index in [0.29, 0.717) is 28.0 Å². The summed E-state index contributed by atoms with van der Waals surface area (Å²) in [6.07, 6.45) is -0.743. The maximum atomic E-state index is 13.4. The minimum atomic E-state index is -0.743. The third-order valence-corrected chi connectivity index (χ3v) is 5.72. The van der Waals surface area contributed by atoms with Crippen LogP contribution in [-0.4, -0.2) is 30.7 Å². The first-order valence-electron chi connectivity index (χ1n) is 9.92. The summed E-state index contributed by atoms with van der Waals surface area (Å²) >= 11 is 1.48. The fourth-order valence-corrected chi connectivity index (χ4v) is 4.10. The molecule has 8 nitrogen and oxygen atoms in total. The first-order valence-corrected chi connectivity index (χ1v) is 10.9. The molecule has 0 amide bonds. The summed E-state index contributed by atoms with van der Waals surface area (Å²) in [6.45, 7) is 3.88. The number of rotatable bonds is 4. The van der Waals surface area contributed by atoms with Gasteiger partial charge in [-0.1, -0.05) is 55.1 Å². The van der Waals surface area contributed by atoms with E-state index in [-0.39, 0.29) is 5.56 Å². The van der Waals surface area contributed by atoms with Crippen LogP contribution in [-0.2, 0) is 0 Å². The van der Waals surface area contributed by atoms with Gasteiger partial charge in [0.25, 0.3) is 5.56 Å². The van der Waals surface area contributed by atoms with Gasteiger partial charge in [-0.05, 0) is 30.9 Å². The van der Waals surface area contributed by atoms with Gasteiger partial charge < -0.3 is 10.1 Å². The number of nitrogens with one attached hydrogen (secondary N) is 2. The van der Waals surface area contributed by atoms with Crippen LogP contribution in [0.15, 0.2) is 64.5 Å². The third-order valence-electron chi connectivity index (χ3n) is 5.00. The van der Waals surface area contributed by atoms with E-state index < -0.39 is 6.23 Å². The SMILES string of the molecule is CCSc1nnc2c(n1)OC(c1c(C)[nH]n(-c3ccccc3)c1=O)Nc1ccccc1-2. The second-order valence-corrected chi connectivity index (χ2v) is 8.23. The standard InChI is InChI=1S/C22H20N6O2S/c1-3-31-22-24-20-18(25-26-22)15-11-7-8-12-16(15)23-19(30-20)17-13(2)27-28(21(17)29)14-9-5-4-6-10-14/h4-12,19,23,27H,3H2,1-2H3. The minimum absolute atomic E-state index is 0.188. The van der Waals surface area contributed by atoms with Gasteiger partial charge in [-0.2, -0.15) is 4.98 Å². The summed E-state index contributed by atoms with van der Waals surface area (Å²) in [5.74, 6) is 1.16. The van der Waals surface area contributed by atoms with Crippen molar-refractivity contribution in [2.45, 2.75) is 25.2 Å². The van der Waals surface area contributed by atoms with E-state index in [9.17, 15) is 4.79 Å². The molecular weight excluding hydrogens is 412 g/mol. The molecule has 2 aromatic carbocycles. The number of fused-ring (bicyclic) bond motifs is 3. The van der Waals surface area contributed by atoms with Crippen molar-refractivity contribution in [1.82, 2.24) is 25.0 Å². The van der Waals surface area contributed by atoms with Gasteiger partial charge in [-0.25, -0.2) is 4.68 Å². The number of aryl methyl sites for hydroxylation is 1. The summed E-state index contributed by atoms with van der Waals surface area (Å²) in [5, 5.41) is 15.6. The van der Waals surface area contributed by atoms with Crippen molar-refractivity contribution in [1.29, 1.82) is 0 Å². The lowest BCUT2D eigenvalue weighted by Gasteiger charge is -2.17. The van der Waals surface area contributed by atoms with Gasteiger partial charge in [-0.3, -0.25) is 9.89 Å². The highest BCUT2D eigenvalue weighted by atomic mass is 32.2. The van der Waals surface area contributed by atoms with Gasteiger partial charge in [-0.15, -0.1) is 10.2 Å². The Kier molecular flexibility index (Phi) is 4.95. The van der Waals surface area contributed by atoms with Gasteiger partial charge in [0, 0.05) is 16.9 Å². The largest absolute Gasteiger partial charge is 0.447 e. The molecule has 0 spiro atoms. The molecule has 1 aliphatic heterocycles. The van der Waals surface area contributed by atoms with Crippen LogP contribution in [0.3, 0.4) is 0 Å². The highest BCUT2D eigenvalue weighted by Crippen LogP contribution is 2.39. The molecule has 1 unspecified atom stereocenters. The highest BCUT2D eigenvalue weighted by molar-refractivity contribution is 7.99. The summed E-state index contributed by atoms with van der Waals surface area (Å²) in [5.41, 5.74) is 3.92. The Morgan fingerprint density at radius 3 is 2.68 bits per heavy atom. The molecule has 0 saturated carbocycles. The topological polar surface area (TPSA) is 97.7 Å². The maximum absolute atomic E-state index is 13.4. The van der Waals surface area contributed by atoms with E-state index >= 15 is 0 Å². The highest BCUT2D eigenvalue weighted by Gasteiger charge is 2.30. The summed E-state index contributed by atoms with van der Waals surface area (Å²) in [4.78, 5) is 17.9. The molecule has 0 radical (unpaired) electrons. The van der Waals surface area contributed by atoms with Gasteiger partial charge in [0.1, 0.15) is 5.56 Å². The molecule has 3 heterocycles. The molecule has 0 fully saturated rings. The first-order chi connectivity index (χ1) is 15.2. The molecule has 1 aliphatic rings. The van der Waals surface area contributed by atoms with E-state index in [1.165, 1.54) is 16.4 Å². The molecule has 156 valence electrons. The zero-order valence-corrected chi connectivity index (χ0v) is 17.8. The molecule has 31 heavy (non-hydrogen) atoms. The number of nitrogens with zero attached hydrogens (tertiary/aromatic N) is 4. The minimum Gasteiger partial charge on any atom is -0.447 e. The third kappa shape index (κ3) is 3.46. The Balaban J connectivity index is 1.64. The molecule has 0 saturated heterocycles. The number of aromatic amines is 1. The number of hydrogen-bond donors (Lipinski definition) is 2. The van der Waals surface area contributed by atoms with Crippen molar-refractivity contribution < 1.29 is 4.74 Å². The molecule has 2 N–H and O–H groups in total. The predicted molar refractivity (Wildman–Crippen MR) is 120 cm³/mol. The molecule has 2 aromatic heterocycles. The van der Waals surface area contributed by atoms with Crippen molar-refractivity contribution in [2.75, 3.05) is 11.1 Å². The Labute approximate surface area is 182 Å². The average molecular weight is 433 g/mol. The van der Waals surface area contributed by atoms with E-state index in [1.807, 2.05) is 68.4 Å². The molecule has 1 atom stereocenters. The van der Waals surface area contributed by atoms with E-state index in [2.05, 4.69) is 25.6 Å². The number of ether oxygens (including phenoxy) is 1. The van der Waals surface area contributed by atoms with Gasteiger partial charge in [0.2, 0.25) is 17.3 Å². The second kappa shape index (κ2) is 7.92. The van der Waals surface area contributed by atoms with Crippen molar-refractivity contribution in [3.63, 3.8) is 0 Å². The van der Waals surface area contributed by atoms with Crippen LogP contribution in [0.1, 0.15) is 24.4 Å². The van der Waals surface area contributed by atoms with Crippen LogP contribution in [0, 0.1) is 6.92 Å². The van der Waals surface area contributed by atoms with Crippen molar-refractivity contribution in [3.05, 3.63) is 76.2 Å². The molecule has 9 heteroatoms. The molecule has 4 aromatic rings. The maximum Gasteiger partial charge on any atom is 0.280 e. The van der Waals surface area contributed by atoms with Gasteiger partial charge in [0.05, 0.1) is 5.69 Å². The molecule has 5 rings (SSSR count). The van der Waals surface area contributed by atoms with Crippen molar-refractivity contribution in [2.24, 2.45) is 0 Å². The Hall–Kier alpha value is -3.59. The number of thioether (sulfide) groups is 1. The first kappa shape index (κ1) is 19.4.